The Balaban J connectivity index is 2.04. The highest BCUT2D eigenvalue weighted by Gasteiger charge is 2.12. The Kier molecular flexibility index (Phi) is 8.30. The summed E-state index contributed by atoms with van der Waals surface area (Å²) in [4.78, 5) is 32.8. The molecule has 0 heterocycles. The summed E-state index contributed by atoms with van der Waals surface area (Å²) in [5.74, 6) is -1.59. The van der Waals surface area contributed by atoms with Crippen molar-refractivity contribution >= 4 is 55.6 Å². The third-order valence-corrected chi connectivity index (χ3v) is 4.61. The van der Waals surface area contributed by atoms with Gasteiger partial charge in [-0.1, -0.05) is 0 Å². The number of carbonyl (C=O) groups is 2. The fraction of sp³-hybridized carbons (Fsp3) is 0.167. The zero-order chi connectivity index (χ0) is 22.3. The van der Waals surface area contributed by atoms with Gasteiger partial charge < -0.3 is 19.4 Å². The van der Waals surface area contributed by atoms with E-state index in [0.717, 1.165) is 23.9 Å². The average molecular weight is 544 g/mol. The lowest BCUT2D eigenvalue weighted by Gasteiger charge is -2.10. The first kappa shape index (κ1) is 23.3. The summed E-state index contributed by atoms with van der Waals surface area (Å²) in [6, 6.07) is 7.14. The number of non-ortho nitro benzene ring substituents is 1. The van der Waals surface area contributed by atoms with Crippen molar-refractivity contribution in [3.05, 3.63) is 60.5 Å². The SMILES string of the molecule is Cc1cc(Br)c(OCC(=O)NN=Cc2cc([N+](=O)[O-])ccc2OCC(=O)[O-])c(Br)c1. The van der Waals surface area contributed by atoms with Crippen LogP contribution in [0.15, 0.2) is 44.4 Å². The van der Waals surface area contributed by atoms with Crippen LogP contribution >= 0.6 is 31.9 Å². The first-order valence-corrected chi connectivity index (χ1v) is 9.77. The van der Waals surface area contributed by atoms with E-state index in [9.17, 15) is 24.8 Å². The molecule has 10 nitrogen and oxygen atoms in total. The molecule has 0 atom stereocenters. The number of benzene rings is 2. The molecule has 1 N–H and O–H groups in total. The lowest BCUT2D eigenvalue weighted by molar-refractivity contribution is -0.384. The van der Waals surface area contributed by atoms with Gasteiger partial charge in [0.25, 0.3) is 11.6 Å². The van der Waals surface area contributed by atoms with E-state index in [-0.39, 0.29) is 23.6 Å². The van der Waals surface area contributed by atoms with Crippen molar-refractivity contribution < 1.29 is 29.1 Å². The van der Waals surface area contributed by atoms with Gasteiger partial charge in [0.05, 0.1) is 26.1 Å². The predicted octanol–water partition coefficient (Wildman–Crippen LogP) is 2.09. The molecule has 0 bridgehead atoms. The highest BCUT2D eigenvalue weighted by molar-refractivity contribution is 9.11. The first-order valence-electron chi connectivity index (χ1n) is 8.19. The number of halogens is 2. The number of nitrogens with one attached hydrogen (secondary N) is 1. The number of nitro groups is 1. The van der Waals surface area contributed by atoms with E-state index in [4.69, 9.17) is 9.47 Å². The Morgan fingerprint density at radius 3 is 2.43 bits per heavy atom. The number of amides is 1. The maximum Gasteiger partial charge on any atom is 0.277 e. The maximum absolute atomic E-state index is 12.0. The number of carboxylic acid groups (broad SMARTS) is 1. The van der Waals surface area contributed by atoms with Gasteiger partial charge in [-0.2, -0.15) is 5.10 Å². The van der Waals surface area contributed by atoms with Crippen LogP contribution in [0.3, 0.4) is 0 Å². The summed E-state index contributed by atoms with van der Waals surface area (Å²) in [5.41, 5.74) is 3.03. The van der Waals surface area contributed by atoms with Crippen molar-refractivity contribution in [2.24, 2.45) is 5.10 Å². The molecule has 1 amide bonds. The number of ether oxygens (including phenoxy) is 2. The fourth-order valence-corrected chi connectivity index (χ4v) is 3.83. The van der Waals surface area contributed by atoms with E-state index in [2.05, 4.69) is 42.4 Å². The lowest BCUT2D eigenvalue weighted by Crippen LogP contribution is -2.29. The van der Waals surface area contributed by atoms with Gasteiger partial charge in [-0.15, -0.1) is 0 Å². The van der Waals surface area contributed by atoms with Crippen molar-refractivity contribution in [3.8, 4) is 11.5 Å². The third-order valence-electron chi connectivity index (χ3n) is 3.43. The summed E-state index contributed by atoms with van der Waals surface area (Å²) in [6.07, 6.45) is 1.09. The summed E-state index contributed by atoms with van der Waals surface area (Å²) in [7, 11) is 0. The van der Waals surface area contributed by atoms with Gasteiger partial charge in [0, 0.05) is 17.7 Å². The highest BCUT2D eigenvalue weighted by Crippen LogP contribution is 2.34. The summed E-state index contributed by atoms with van der Waals surface area (Å²) in [6.45, 7) is 0.805. The number of hydrazone groups is 1. The Hall–Kier alpha value is -2.99. The van der Waals surface area contributed by atoms with Crippen molar-refractivity contribution in [2.75, 3.05) is 13.2 Å². The molecule has 0 spiro atoms. The Labute approximate surface area is 187 Å². The van der Waals surface area contributed by atoms with E-state index < -0.39 is 23.4 Å². The van der Waals surface area contributed by atoms with Gasteiger partial charge in [0.2, 0.25) is 0 Å². The van der Waals surface area contributed by atoms with Crippen LogP contribution in [0.2, 0.25) is 0 Å². The summed E-state index contributed by atoms with van der Waals surface area (Å²) < 4.78 is 11.8. The molecular formula is C18H14Br2N3O7-. The number of hydrogen-bond donors (Lipinski definition) is 1. The van der Waals surface area contributed by atoms with Crippen molar-refractivity contribution in [1.82, 2.24) is 5.43 Å². The minimum atomic E-state index is -1.46. The van der Waals surface area contributed by atoms with Crippen LogP contribution in [0, 0.1) is 17.0 Å². The average Bonchev–Trinajstić information content (AvgIpc) is 2.65. The minimum Gasteiger partial charge on any atom is -0.546 e. The van der Waals surface area contributed by atoms with Crippen molar-refractivity contribution in [1.29, 1.82) is 0 Å². The van der Waals surface area contributed by atoms with Gasteiger partial charge in [0.15, 0.2) is 6.61 Å². The number of nitrogens with zero attached hydrogens (tertiary/aromatic N) is 2. The molecule has 0 aliphatic heterocycles. The molecule has 0 saturated heterocycles. The summed E-state index contributed by atoms with van der Waals surface area (Å²) >= 11 is 6.70. The molecule has 0 unspecified atom stereocenters. The Bertz CT molecular complexity index is 988. The zero-order valence-corrected chi connectivity index (χ0v) is 18.6. The maximum atomic E-state index is 12.0. The van der Waals surface area contributed by atoms with Gasteiger partial charge in [-0.3, -0.25) is 14.9 Å². The van der Waals surface area contributed by atoms with Gasteiger partial charge in [-0.25, -0.2) is 5.43 Å². The Morgan fingerprint density at radius 2 is 1.83 bits per heavy atom. The minimum absolute atomic E-state index is 0.0200. The van der Waals surface area contributed by atoms with E-state index >= 15 is 0 Å². The normalized spacial score (nSPS) is 10.6. The van der Waals surface area contributed by atoms with Gasteiger partial charge in [-0.05, 0) is 62.5 Å². The standard InChI is InChI=1S/C18H15Br2N3O7/c1-10-4-13(19)18(14(20)5-10)30-8-16(24)22-21-7-11-6-12(23(27)28)2-3-15(11)29-9-17(25)26/h2-7H,8-9H2,1H3,(H,22,24)(H,25,26)/p-1. The molecule has 2 aromatic rings. The molecule has 158 valence electrons. The predicted molar refractivity (Wildman–Crippen MR) is 111 cm³/mol. The molecule has 2 aromatic carbocycles. The van der Waals surface area contributed by atoms with Crippen LogP contribution in [0.25, 0.3) is 0 Å². The molecular weight excluding hydrogens is 530 g/mol. The first-order chi connectivity index (χ1) is 14.2. The number of nitro benzene ring substituents is 1. The molecule has 0 aromatic heterocycles. The molecule has 0 radical (unpaired) electrons. The topological polar surface area (TPSA) is 143 Å². The smallest absolute Gasteiger partial charge is 0.277 e. The zero-order valence-electron chi connectivity index (χ0n) is 15.4. The third kappa shape index (κ3) is 6.81. The van der Waals surface area contributed by atoms with E-state index in [0.29, 0.717) is 14.7 Å². The second kappa shape index (κ2) is 10.7. The van der Waals surface area contributed by atoms with Crippen LogP contribution in [0.1, 0.15) is 11.1 Å². The molecule has 0 aliphatic carbocycles. The lowest BCUT2D eigenvalue weighted by atomic mass is 10.2. The van der Waals surface area contributed by atoms with E-state index in [1.54, 1.807) is 0 Å². The van der Waals surface area contributed by atoms with Crippen LogP contribution < -0.4 is 20.0 Å². The number of rotatable bonds is 9. The molecule has 30 heavy (non-hydrogen) atoms. The quantitative estimate of drug-likeness (QED) is 0.289. The van der Waals surface area contributed by atoms with Crippen molar-refractivity contribution in [2.45, 2.75) is 6.92 Å². The molecule has 0 saturated carbocycles. The second-order valence-electron chi connectivity index (χ2n) is 5.78. The fourth-order valence-electron chi connectivity index (χ4n) is 2.19. The number of carbonyl (C=O) groups excluding carboxylic acids is 2. The second-order valence-corrected chi connectivity index (χ2v) is 7.49. The van der Waals surface area contributed by atoms with Crippen LogP contribution in [0.5, 0.6) is 11.5 Å². The van der Waals surface area contributed by atoms with Gasteiger partial charge in [0.1, 0.15) is 18.1 Å². The largest absolute Gasteiger partial charge is 0.546 e. The monoisotopic (exact) mass is 542 g/mol. The number of carboxylic acids is 1. The van der Waals surface area contributed by atoms with Crippen LogP contribution in [-0.4, -0.2) is 36.2 Å². The van der Waals surface area contributed by atoms with E-state index in [1.807, 2.05) is 19.1 Å². The van der Waals surface area contributed by atoms with E-state index in [1.165, 1.54) is 6.07 Å². The van der Waals surface area contributed by atoms with Crippen LogP contribution in [0.4, 0.5) is 5.69 Å². The number of aliphatic carboxylic acids is 1. The summed E-state index contributed by atoms with van der Waals surface area (Å²) in [5, 5.41) is 25.2. The molecule has 2 rings (SSSR count). The molecule has 12 heteroatoms. The highest BCUT2D eigenvalue weighted by atomic mass is 79.9. The van der Waals surface area contributed by atoms with Crippen LogP contribution in [-0.2, 0) is 9.59 Å². The molecule has 0 fully saturated rings. The van der Waals surface area contributed by atoms with Crippen molar-refractivity contribution in [3.63, 3.8) is 0 Å². The number of hydrogen-bond acceptors (Lipinski definition) is 8. The van der Waals surface area contributed by atoms with Gasteiger partial charge >= 0.3 is 0 Å². The number of aryl methyl sites for hydroxylation is 1. The Morgan fingerprint density at radius 1 is 1.17 bits per heavy atom. The molecule has 0 aliphatic rings.